The first kappa shape index (κ1) is 16.3. The maximum Gasteiger partial charge on any atom is 0.238 e. The van der Waals surface area contributed by atoms with Crippen molar-refractivity contribution >= 4 is 15.9 Å². The number of ether oxygens (including phenoxy) is 1. The minimum Gasteiger partial charge on any atom is -0.487 e. The Morgan fingerprint density at radius 1 is 1.35 bits per heavy atom. The van der Waals surface area contributed by atoms with Gasteiger partial charge in [0.15, 0.2) is 17.4 Å². The van der Waals surface area contributed by atoms with Gasteiger partial charge in [0.05, 0.1) is 17.9 Å². The smallest absolute Gasteiger partial charge is 0.238 e. The standard InChI is InChI=1S/C11H14F2N2O4S/c1-2-15-10(16)3-4-19-11-8(12)5-7(6-9(11)13)20(14,17)18/h5-6H,2-4H2,1H3,(H,15,16)(H2,14,17,18). The Labute approximate surface area is 115 Å². The predicted octanol–water partition coefficient (Wildman–Crippen LogP) is 0.517. The van der Waals surface area contributed by atoms with E-state index in [1.165, 1.54) is 0 Å². The fourth-order valence-electron chi connectivity index (χ4n) is 1.37. The normalized spacial score (nSPS) is 11.2. The molecule has 0 heterocycles. The highest BCUT2D eigenvalue weighted by Crippen LogP contribution is 2.25. The second-order valence-corrected chi connectivity index (χ2v) is 5.37. The third kappa shape index (κ3) is 4.42. The lowest BCUT2D eigenvalue weighted by Gasteiger charge is -2.09. The zero-order valence-corrected chi connectivity index (χ0v) is 11.5. The van der Waals surface area contributed by atoms with Crippen LogP contribution >= 0.6 is 0 Å². The van der Waals surface area contributed by atoms with Gasteiger partial charge < -0.3 is 10.1 Å². The summed E-state index contributed by atoms with van der Waals surface area (Å²) in [6.45, 7) is 1.92. The van der Waals surface area contributed by atoms with E-state index in [-0.39, 0.29) is 18.9 Å². The summed E-state index contributed by atoms with van der Waals surface area (Å²) >= 11 is 0. The number of hydrogen-bond acceptors (Lipinski definition) is 4. The second kappa shape index (κ2) is 6.62. The molecular weight excluding hydrogens is 294 g/mol. The summed E-state index contributed by atoms with van der Waals surface area (Å²) in [5.74, 6) is -3.48. The van der Waals surface area contributed by atoms with Crippen LogP contribution in [0.3, 0.4) is 0 Å². The molecule has 3 N–H and O–H groups in total. The van der Waals surface area contributed by atoms with E-state index in [2.05, 4.69) is 5.32 Å². The van der Waals surface area contributed by atoms with Gasteiger partial charge in [-0.05, 0) is 19.1 Å². The van der Waals surface area contributed by atoms with Crippen molar-refractivity contribution in [2.75, 3.05) is 13.2 Å². The van der Waals surface area contributed by atoms with E-state index in [9.17, 15) is 22.0 Å². The summed E-state index contributed by atoms with van der Waals surface area (Å²) in [6, 6.07) is 1.11. The number of halogens is 2. The fourth-order valence-corrected chi connectivity index (χ4v) is 1.91. The molecule has 0 aromatic heterocycles. The minimum absolute atomic E-state index is 0.0797. The Balaban J connectivity index is 2.80. The third-order valence-corrected chi connectivity index (χ3v) is 3.14. The zero-order valence-electron chi connectivity index (χ0n) is 10.7. The maximum absolute atomic E-state index is 13.5. The number of carbonyl (C=O) groups excluding carboxylic acids is 1. The quantitative estimate of drug-likeness (QED) is 0.800. The van der Waals surface area contributed by atoms with Gasteiger partial charge in [-0.15, -0.1) is 0 Å². The Morgan fingerprint density at radius 3 is 2.35 bits per heavy atom. The number of rotatable bonds is 6. The molecule has 1 aromatic rings. The van der Waals surface area contributed by atoms with Crippen molar-refractivity contribution in [1.29, 1.82) is 0 Å². The molecule has 1 rings (SSSR count). The van der Waals surface area contributed by atoms with Gasteiger partial charge in [0.1, 0.15) is 0 Å². The summed E-state index contributed by atoms with van der Waals surface area (Å²) in [5, 5.41) is 7.25. The average Bonchev–Trinajstić information content (AvgIpc) is 2.31. The molecule has 6 nitrogen and oxygen atoms in total. The molecule has 0 saturated heterocycles. The maximum atomic E-state index is 13.5. The number of carbonyl (C=O) groups is 1. The Bertz CT molecular complexity index is 581. The van der Waals surface area contributed by atoms with Gasteiger partial charge in [-0.1, -0.05) is 0 Å². The monoisotopic (exact) mass is 308 g/mol. The van der Waals surface area contributed by atoms with Crippen LogP contribution in [0, 0.1) is 11.6 Å². The second-order valence-electron chi connectivity index (χ2n) is 3.81. The van der Waals surface area contributed by atoms with Gasteiger partial charge in [0.2, 0.25) is 15.9 Å². The molecule has 0 atom stereocenters. The fraction of sp³-hybridized carbons (Fsp3) is 0.364. The Morgan fingerprint density at radius 2 is 1.90 bits per heavy atom. The van der Waals surface area contributed by atoms with Crippen LogP contribution in [0.1, 0.15) is 13.3 Å². The predicted molar refractivity (Wildman–Crippen MR) is 66.5 cm³/mol. The Kier molecular flexibility index (Phi) is 5.40. The molecule has 1 aromatic carbocycles. The molecular formula is C11H14F2N2O4S. The van der Waals surface area contributed by atoms with Gasteiger partial charge in [-0.25, -0.2) is 22.3 Å². The number of nitrogens with one attached hydrogen (secondary N) is 1. The van der Waals surface area contributed by atoms with Crippen molar-refractivity contribution < 1.29 is 26.7 Å². The van der Waals surface area contributed by atoms with Crippen LogP contribution in [-0.4, -0.2) is 27.5 Å². The molecule has 0 aliphatic carbocycles. The highest BCUT2D eigenvalue weighted by atomic mass is 32.2. The molecule has 20 heavy (non-hydrogen) atoms. The molecule has 0 aliphatic heterocycles. The lowest BCUT2D eigenvalue weighted by Crippen LogP contribution is -2.24. The van der Waals surface area contributed by atoms with Crippen LogP contribution in [0.5, 0.6) is 5.75 Å². The first-order valence-corrected chi connectivity index (χ1v) is 7.21. The topological polar surface area (TPSA) is 98.5 Å². The zero-order chi connectivity index (χ0) is 15.3. The van der Waals surface area contributed by atoms with E-state index >= 15 is 0 Å². The molecule has 112 valence electrons. The van der Waals surface area contributed by atoms with Crippen molar-refractivity contribution in [3.63, 3.8) is 0 Å². The lowest BCUT2D eigenvalue weighted by molar-refractivity contribution is -0.121. The van der Waals surface area contributed by atoms with E-state index in [4.69, 9.17) is 9.88 Å². The summed E-state index contributed by atoms with van der Waals surface area (Å²) in [5.41, 5.74) is 0. The lowest BCUT2D eigenvalue weighted by atomic mass is 10.3. The van der Waals surface area contributed by atoms with Gasteiger partial charge in [0, 0.05) is 6.54 Å². The number of hydrogen-bond donors (Lipinski definition) is 2. The van der Waals surface area contributed by atoms with Crippen LogP contribution in [0.4, 0.5) is 8.78 Å². The molecule has 1 amide bonds. The molecule has 0 bridgehead atoms. The number of amides is 1. The summed E-state index contributed by atoms with van der Waals surface area (Å²) in [6.07, 6.45) is -0.0797. The first-order chi connectivity index (χ1) is 9.25. The number of nitrogens with two attached hydrogens (primary N) is 1. The van der Waals surface area contributed by atoms with Crippen molar-refractivity contribution in [3.8, 4) is 5.75 Å². The summed E-state index contributed by atoms with van der Waals surface area (Å²) in [7, 11) is -4.21. The molecule has 0 saturated carbocycles. The van der Waals surface area contributed by atoms with Crippen LogP contribution in [0.2, 0.25) is 0 Å². The third-order valence-electron chi connectivity index (χ3n) is 2.25. The number of benzene rings is 1. The molecule has 0 radical (unpaired) electrons. The van der Waals surface area contributed by atoms with Crippen LogP contribution < -0.4 is 15.2 Å². The average molecular weight is 308 g/mol. The summed E-state index contributed by atoms with van der Waals surface area (Å²) < 4.78 is 53.8. The highest BCUT2D eigenvalue weighted by Gasteiger charge is 2.18. The van der Waals surface area contributed by atoms with Gasteiger partial charge in [0.25, 0.3) is 0 Å². The van der Waals surface area contributed by atoms with Gasteiger partial charge in [-0.2, -0.15) is 0 Å². The van der Waals surface area contributed by atoms with Crippen molar-refractivity contribution in [1.82, 2.24) is 5.32 Å². The summed E-state index contributed by atoms with van der Waals surface area (Å²) in [4.78, 5) is 10.4. The molecule has 0 aliphatic rings. The number of sulfonamides is 1. The van der Waals surface area contributed by atoms with Crippen LogP contribution in [0.25, 0.3) is 0 Å². The van der Waals surface area contributed by atoms with Gasteiger partial charge in [-0.3, -0.25) is 4.79 Å². The van der Waals surface area contributed by atoms with E-state index in [1.807, 2.05) is 0 Å². The van der Waals surface area contributed by atoms with E-state index in [0.29, 0.717) is 18.7 Å². The van der Waals surface area contributed by atoms with Crippen LogP contribution in [0.15, 0.2) is 17.0 Å². The molecule has 0 unspecified atom stereocenters. The molecule has 0 spiro atoms. The number of primary sulfonamides is 1. The van der Waals surface area contributed by atoms with Crippen molar-refractivity contribution in [2.45, 2.75) is 18.2 Å². The largest absolute Gasteiger partial charge is 0.487 e. The van der Waals surface area contributed by atoms with Crippen LogP contribution in [-0.2, 0) is 14.8 Å². The van der Waals surface area contributed by atoms with Crippen molar-refractivity contribution in [3.05, 3.63) is 23.8 Å². The van der Waals surface area contributed by atoms with Crippen molar-refractivity contribution in [2.24, 2.45) is 5.14 Å². The molecule has 9 heteroatoms. The molecule has 0 fully saturated rings. The van der Waals surface area contributed by atoms with Gasteiger partial charge >= 0.3 is 0 Å². The Hall–Kier alpha value is -1.74. The minimum atomic E-state index is -4.21. The van der Waals surface area contributed by atoms with E-state index in [1.54, 1.807) is 6.92 Å². The van der Waals surface area contributed by atoms with E-state index < -0.39 is 32.3 Å². The van der Waals surface area contributed by atoms with E-state index in [0.717, 1.165) is 0 Å². The first-order valence-electron chi connectivity index (χ1n) is 5.67. The SMILES string of the molecule is CCNC(=O)CCOc1c(F)cc(S(N)(=O)=O)cc1F. The highest BCUT2D eigenvalue weighted by molar-refractivity contribution is 7.89.